The zero-order valence-corrected chi connectivity index (χ0v) is 13.5. The summed E-state index contributed by atoms with van der Waals surface area (Å²) in [5, 5.41) is 2.63. The van der Waals surface area contributed by atoms with Gasteiger partial charge in [0.1, 0.15) is 0 Å². The van der Waals surface area contributed by atoms with Gasteiger partial charge in [-0.3, -0.25) is 5.32 Å². The molecule has 2 aliphatic rings. The van der Waals surface area contributed by atoms with Crippen molar-refractivity contribution in [2.75, 3.05) is 11.9 Å². The topological polar surface area (TPSA) is 75.6 Å². The summed E-state index contributed by atoms with van der Waals surface area (Å²) in [6.07, 6.45) is 3.61. The van der Waals surface area contributed by atoms with Gasteiger partial charge >= 0.3 is 6.09 Å². The van der Waals surface area contributed by atoms with E-state index in [1.807, 2.05) is 0 Å². The molecule has 1 amide bonds. The molecule has 0 bridgehead atoms. The first-order valence-corrected chi connectivity index (χ1v) is 8.86. The highest BCUT2D eigenvalue weighted by atomic mass is 32.2. The fraction of sp³-hybridized carbons (Fsp3) is 0.471. The van der Waals surface area contributed by atoms with Gasteiger partial charge in [0.2, 0.25) is 0 Å². The number of hydrogen-bond acceptors (Lipinski definition) is 3. The molecule has 3 atom stereocenters. The number of amides is 1. The number of fused-ring (bicyclic) bond motifs is 1. The zero-order valence-electron chi connectivity index (χ0n) is 12.7. The van der Waals surface area contributed by atoms with Crippen LogP contribution in [0.3, 0.4) is 0 Å². The van der Waals surface area contributed by atoms with Gasteiger partial charge in [0.15, 0.2) is 11.1 Å². The van der Waals surface area contributed by atoms with Crippen LogP contribution >= 0.6 is 0 Å². The highest BCUT2D eigenvalue weighted by molar-refractivity contribution is 7.79. The molecule has 5 nitrogen and oxygen atoms in total. The molecule has 122 valence electrons. The molecule has 0 radical (unpaired) electrons. The van der Waals surface area contributed by atoms with Gasteiger partial charge in [-0.1, -0.05) is 0 Å². The first kappa shape index (κ1) is 16.0. The van der Waals surface area contributed by atoms with Gasteiger partial charge in [0.25, 0.3) is 0 Å². The highest BCUT2D eigenvalue weighted by Crippen LogP contribution is 2.52. The van der Waals surface area contributed by atoms with Gasteiger partial charge in [-0.25, -0.2) is 9.00 Å². The van der Waals surface area contributed by atoms with E-state index >= 15 is 0 Å². The lowest BCUT2D eigenvalue weighted by molar-refractivity contribution is 0.152. The summed E-state index contributed by atoms with van der Waals surface area (Å²) in [6.45, 7) is 0.444. The van der Waals surface area contributed by atoms with Gasteiger partial charge in [-0.05, 0) is 54.9 Å². The molecule has 3 rings (SSSR count). The Morgan fingerprint density at radius 1 is 1.22 bits per heavy atom. The molecule has 1 aromatic rings. The third-order valence-electron chi connectivity index (χ3n) is 4.55. The summed E-state index contributed by atoms with van der Waals surface area (Å²) in [6, 6.07) is 6.14. The van der Waals surface area contributed by atoms with Gasteiger partial charge < -0.3 is 9.29 Å². The monoisotopic (exact) mass is 333 g/mol. The number of hydrogen-bond donors (Lipinski definition) is 2. The lowest BCUT2D eigenvalue weighted by Crippen LogP contribution is -2.15. The van der Waals surface area contributed by atoms with E-state index in [0.717, 1.165) is 25.7 Å². The van der Waals surface area contributed by atoms with Crippen LogP contribution in [0.2, 0.25) is 0 Å². The molecule has 6 heteroatoms. The minimum atomic E-state index is -2.01. The maximum absolute atomic E-state index is 11.8. The molecule has 0 aliphatic heterocycles. The molecule has 2 aliphatic carbocycles. The number of nitrogens with one attached hydrogen (secondary N) is 1. The number of rotatable bonds is 4. The Bertz CT molecular complexity index is 643. The van der Waals surface area contributed by atoms with Gasteiger partial charge in [-0.2, -0.15) is 0 Å². The lowest BCUT2D eigenvalue weighted by Gasteiger charge is -2.07. The van der Waals surface area contributed by atoms with Crippen molar-refractivity contribution in [3.05, 3.63) is 24.3 Å². The molecule has 1 saturated carbocycles. The molecule has 2 N–H and O–H groups in total. The molecule has 1 fully saturated rings. The maximum atomic E-state index is 11.8. The first-order valence-electron chi connectivity index (χ1n) is 7.75. The van der Waals surface area contributed by atoms with Crippen molar-refractivity contribution in [2.45, 2.75) is 30.6 Å². The summed E-state index contributed by atoms with van der Waals surface area (Å²) in [7, 11) is 0. The van der Waals surface area contributed by atoms with Crippen LogP contribution in [-0.2, 0) is 15.8 Å². The Morgan fingerprint density at radius 2 is 1.83 bits per heavy atom. The standard InChI is InChI=1S/C17H19NO4S/c19-17(18-12-7-9-13(10-8-12)23(20)21)22-11-16-14-5-3-1-2-4-6-15(14)16/h7-10,14-16H,3-6,11H2,(H,18,19)(H,20,21). The SMILES string of the molecule is O=C(Nc1ccc(S(=O)O)cc1)OCC1C2CCC#CCCC21. The van der Waals surface area contributed by atoms with E-state index in [1.165, 1.54) is 12.1 Å². The molecule has 0 heterocycles. The van der Waals surface area contributed by atoms with Crippen LogP contribution in [0.4, 0.5) is 10.5 Å². The van der Waals surface area contributed by atoms with Crippen molar-refractivity contribution in [1.82, 2.24) is 0 Å². The molecule has 1 aromatic carbocycles. The molecule has 0 saturated heterocycles. The second-order valence-electron chi connectivity index (χ2n) is 5.92. The molecule has 3 unspecified atom stereocenters. The van der Waals surface area contributed by atoms with Crippen LogP contribution in [0, 0.1) is 29.6 Å². The van der Waals surface area contributed by atoms with Gasteiger partial charge in [0, 0.05) is 18.5 Å². The van der Waals surface area contributed by atoms with Crippen molar-refractivity contribution < 1.29 is 18.3 Å². The quantitative estimate of drug-likeness (QED) is 0.655. The Hall–Kier alpha value is -1.84. The van der Waals surface area contributed by atoms with E-state index in [0.29, 0.717) is 34.9 Å². The second-order valence-corrected chi connectivity index (χ2v) is 6.89. The van der Waals surface area contributed by atoms with E-state index in [1.54, 1.807) is 12.1 Å². The summed E-state index contributed by atoms with van der Waals surface area (Å²) in [4.78, 5) is 12.1. The maximum Gasteiger partial charge on any atom is 0.411 e. The van der Waals surface area contributed by atoms with Gasteiger partial charge in [0.05, 0.1) is 11.5 Å². The summed E-state index contributed by atoms with van der Waals surface area (Å²) in [5.74, 6) is 8.09. The number of anilines is 1. The Balaban J connectivity index is 1.44. The van der Waals surface area contributed by atoms with Crippen LogP contribution < -0.4 is 5.32 Å². The molecule has 23 heavy (non-hydrogen) atoms. The van der Waals surface area contributed by atoms with E-state index in [-0.39, 0.29) is 0 Å². The van der Waals surface area contributed by atoms with E-state index in [9.17, 15) is 9.00 Å². The normalized spacial score (nSPS) is 26.6. The van der Waals surface area contributed by atoms with Gasteiger partial charge in [-0.15, -0.1) is 11.8 Å². The minimum absolute atomic E-state index is 0.292. The van der Waals surface area contributed by atoms with Crippen molar-refractivity contribution in [3.63, 3.8) is 0 Å². The molecular formula is C17H19NO4S. The number of benzene rings is 1. The Labute approximate surface area is 138 Å². The second kappa shape index (κ2) is 7.16. The van der Waals surface area contributed by atoms with E-state index in [2.05, 4.69) is 17.2 Å². The average molecular weight is 333 g/mol. The lowest BCUT2D eigenvalue weighted by atomic mass is 10.1. The number of carbonyl (C=O) groups is 1. The Morgan fingerprint density at radius 3 is 2.39 bits per heavy atom. The van der Waals surface area contributed by atoms with Crippen molar-refractivity contribution >= 4 is 22.9 Å². The summed E-state index contributed by atoms with van der Waals surface area (Å²) in [5.41, 5.74) is 0.541. The average Bonchev–Trinajstić information content (AvgIpc) is 3.15. The minimum Gasteiger partial charge on any atom is -0.449 e. The predicted octanol–water partition coefficient (Wildman–Crippen LogP) is 3.26. The number of carbonyl (C=O) groups excluding carboxylic acids is 1. The summed E-state index contributed by atoms with van der Waals surface area (Å²) < 4.78 is 25.1. The zero-order chi connectivity index (χ0) is 16.2. The van der Waals surface area contributed by atoms with Crippen LogP contribution in [0.1, 0.15) is 25.7 Å². The fourth-order valence-corrected chi connectivity index (χ4v) is 3.63. The molecule has 0 spiro atoms. The first-order chi connectivity index (χ1) is 11.1. The van der Waals surface area contributed by atoms with Crippen LogP contribution in [-0.4, -0.2) is 21.5 Å². The van der Waals surface area contributed by atoms with Crippen LogP contribution in [0.25, 0.3) is 0 Å². The fourth-order valence-electron chi connectivity index (χ4n) is 3.26. The molecular weight excluding hydrogens is 314 g/mol. The number of ether oxygens (including phenoxy) is 1. The largest absolute Gasteiger partial charge is 0.449 e. The third kappa shape index (κ3) is 4.12. The van der Waals surface area contributed by atoms with Crippen LogP contribution in [0.5, 0.6) is 0 Å². The summed E-state index contributed by atoms with van der Waals surface area (Å²) >= 11 is -2.01. The van der Waals surface area contributed by atoms with Crippen molar-refractivity contribution in [1.29, 1.82) is 0 Å². The van der Waals surface area contributed by atoms with E-state index < -0.39 is 17.2 Å². The smallest absolute Gasteiger partial charge is 0.411 e. The van der Waals surface area contributed by atoms with Crippen molar-refractivity contribution in [3.8, 4) is 11.8 Å². The highest BCUT2D eigenvalue weighted by Gasteiger charge is 2.49. The van der Waals surface area contributed by atoms with E-state index in [4.69, 9.17) is 9.29 Å². The molecule has 0 aromatic heterocycles. The van der Waals surface area contributed by atoms with Crippen molar-refractivity contribution in [2.24, 2.45) is 17.8 Å². The van der Waals surface area contributed by atoms with Crippen LogP contribution in [0.15, 0.2) is 29.2 Å². The third-order valence-corrected chi connectivity index (χ3v) is 5.22. The predicted molar refractivity (Wildman–Crippen MR) is 87.2 cm³/mol. The Kier molecular flexibility index (Phi) is 4.99.